The summed E-state index contributed by atoms with van der Waals surface area (Å²) in [5.41, 5.74) is 3.18. The molecular formula is C33H30ClFN4O5. The van der Waals surface area contributed by atoms with E-state index in [1.165, 1.54) is 13.2 Å². The molecule has 11 heteroatoms. The van der Waals surface area contributed by atoms with Gasteiger partial charge in [-0.05, 0) is 60.2 Å². The number of nitrogens with zero attached hydrogens (tertiary/aromatic N) is 2. The van der Waals surface area contributed by atoms with E-state index >= 15 is 4.39 Å². The molecule has 2 N–H and O–H groups in total. The molecule has 0 aromatic heterocycles. The van der Waals surface area contributed by atoms with Gasteiger partial charge in [0.15, 0.2) is 11.4 Å². The SMILES string of the molecule is COC(=O)Nc1ccc(C2=NC=C(C(Cc3ccccc3)C(=O)N3CCC[C@@]4(C3)OC(=O)Nc3ccc(Cl)c(F)c34)C2)cc1. The van der Waals surface area contributed by atoms with Crippen molar-refractivity contribution in [1.29, 1.82) is 0 Å². The molecule has 3 aliphatic rings. The molecule has 3 heterocycles. The number of ether oxygens (including phenoxy) is 2. The summed E-state index contributed by atoms with van der Waals surface area (Å²) in [5.74, 6) is -1.36. The standard InChI is InChI=1S/C33H30ClFN4O5/c1-43-31(41)37-23-10-8-21(9-11-23)27-17-22(18-36-27)24(16-20-6-3-2-4-7-20)30(40)39-15-5-14-33(19-39)28-26(38-32(42)44-33)13-12-25(34)29(28)35/h2-4,6-13,18,24H,5,14-17,19H2,1H3,(H,37,41)(H,38,42)/t24?,33-/m0/s1. The van der Waals surface area contributed by atoms with Gasteiger partial charge in [-0.3, -0.25) is 20.4 Å². The van der Waals surface area contributed by atoms with Crippen molar-refractivity contribution in [3.63, 3.8) is 0 Å². The molecule has 3 aliphatic heterocycles. The van der Waals surface area contributed by atoms with E-state index in [4.69, 9.17) is 16.3 Å². The van der Waals surface area contributed by atoms with Crippen LogP contribution in [-0.2, 0) is 26.3 Å². The minimum Gasteiger partial charge on any atom is -0.453 e. The van der Waals surface area contributed by atoms with Gasteiger partial charge < -0.3 is 14.4 Å². The maximum Gasteiger partial charge on any atom is 0.412 e. The van der Waals surface area contributed by atoms with Crippen LogP contribution in [0.15, 0.2) is 83.5 Å². The Hall–Kier alpha value is -4.70. The molecular weight excluding hydrogens is 587 g/mol. The van der Waals surface area contributed by atoms with Crippen LogP contribution in [0, 0.1) is 11.7 Å². The number of piperidine rings is 1. The van der Waals surface area contributed by atoms with Gasteiger partial charge in [0.25, 0.3) is 0 Å². The first-order valence-electron chi connectivity index (χ1n) is 14.3. The van der Waals surface area contributed by atoms with Crippen molar-refractivity contribution < 1.29 is 28.2 Å². The van der Waals surface area contributed by atoms with Gasteiger partial charge >= 0.3 is 12.2 Å². The van der Waals surface area contributed by atoms with Crippen LogP contribution in [0.5, 0.6) is 0 Å². The molecule has 3 aromatic carbocycles. The summed E-state index contributed by atoms with van der Waals surface area (Å²) >= 11 is 6.14. The predicted molar refractivity (Wildman–Crippen MR) is 164 cm³/mol. The highest BCUT2D eigenvalue weighted by Crippen LogP contribution is 2.45. The maximum absolute atomic E-state index is 15.5. The van der Waals surface area contributed by atoms with Crippen molar-refractivity contribution in [2.75, 3.05) is 30.8 Å². The highest BCUT2D eigenvalue weighted by atomic mass is 35.5. The molecule has 1 saturated heterocycles. The maximum atomic E-state index is 15.5. The molecule has 226 valence electrons. The van der Waals surface area contributed by atoms with Gasteiger partial charge in [-0.25, -0.2) is 14.0 Å². The smallest absolute Gasteiger partial charge is 0.412 e. The number of likely N-dealkylation sites (tertiary alicyclic amines) is 1. The molecule has 3 aromatic rings. The largest absolute Gasteiger partial charge is 0.453 e. The van der Waals surface area contributed by atoms with E-state index in [2.05, 4.69) is 20.4 Å². The fraction of sp³-hybridized carbons (Fsp3) is 0.273. The third-order valence-electron chi connectivity index (χ3n) is 8.28. The number of benzene rings is 3. The van der Waals surface area contributed by atoms with E-state index in [0.29, 0.717) is 43.6 Å². The number of nitrogens with one attached hydrogen (secondary N) is 2. The number of amides is 3. The van der Waals surface area contributed by atoms with Gasteiger partial charge in [-0.2, -0.15) is 0 Å². The van der Waals surface area contributed by atoms with Crippen LogP contribution in [0.1, 0.15) is 36.0 Å². The third kappa shape index (κ3) is 5.77. The highest BCUT2D eigenvalue weighted by Gasteiger charge is 2.49. The van der Waals surface area contributed by atoms with Gasteiger partial charge in [-0.1, -0.05) is 54.1 Å². The van der Waals surface area contributed by atoms with Crippen LogP contribution in [0.4, 0.5) is 25.4 Å². The zero-order valence-electron chi connectivity index (χ0n) is 23.9. The fourth-order valence-corrected chi connectivity index (χ4v) is 6.32. The number of carbonyl (C=O) groups is 3. The van der Waals surface area contributed by atoms with E-state index in [9.17, 15) is 14.4 Å². The first-order valence-corrected chi connectivity index (χ1v) is 14.7. The zero-order chi connectivity index (χ0) is 30.8. The average Bonchev–Trinajstić information content (AvgIpc) is 3.52. The van der Waals surface area contributed by atoms with Gasteiger partial charge in [-0.15, -0.1) is 0 Å². The summed E-state index contributed by atoms with van der Waals surface area (Å²) in [6, 6.07) is 19.9. The number of hydrogen-bond acceptors (Lipinski definition) is 6. The number of rotatable bonds is 6. The normalized spacial score (nSPS) is 19.7. The predicted octanol–water partition coefficient (Wildman–Crippen LogP) is 6.67. The molecule has 0 aliphatic carbocycles. The number of fused-ring (bicyclic) bond motifs is 2. The summed E-state index contributed by atoms with van der Waals surface area (Å²) in [5, 5.41) is 5.11. The lowest BCUT2D eigenvalue weighted by Gasteiger charge is -2.45. The number of carbonyl (C=O) groups excluding carboxylic acids is 3. The van der Waals surface area contributed by atoms with Crippen molar-refractivity contribution in [1.82, 2.24) is 4.90 Å². The van der Waals surface area contributed by atoms with Gasteiger partial charge in [0, 0.05) is 24.9 Å². The number of halogens is 2. The lowest BCUT2D eigenvalue weighted by Crippen LogP contribution is -2.54. The minimum absolute atomic E-state index is 0.00442. The second-order valence-electron chi connectivity index (χ2n) is 11.0. The molecule has 1 spiro atoms. The van der Waals surface area contributed by atoms with Crippen molar-refractivity contribution in [3.8, 4) is 0 Å². The Balaban J connectivity index is 1.26. The van der Waals surface area contributed by atoms with Crippen molar-refractivity contribution >= 4 is 46.8 Å². The molecule has 3 amide bonds. The monoisotopic (exact) mass is 616 g/mol. The van der Waals surface area contributed by atoms with E-state index in [1.807, 2.05) is 42.5 Å². The first-order chi connectivity index (χ1) is 21.3. The Morgan fingerprint density at radius 1 is 1.16 bits per heavy atom. The van der Waals surface area contributed by atoms with Crippen molar-refractivity contribution in [2.45, 2.75) is 31.3 Å². The molecule has 44 heavy (non-hydrogen) atoms. The summed E-state index contributed by atoms with van der Waals surface area (Å²) in [6.07, 6.45) is 2.26. The van der Waals surface area contributed by atoms with Gasteiger partial charge in [0.05, 0.1) is 41.6 Å². The lowest BCUT2D eigenvalue weighted by atomic mass is 9.81. The van der Waals surface area contributed by atoms with E-state index in [1.54, 1.807) is 29.3 Å². The molecule has 1 fully saturated rings. The first kappa shape index (κ1) is 29.4. The van der Waals surface area contributed by atoms with Crippen LogP contribution >= 0.6 is 11.6 Å². The van der Waals surface area contributed by atoms with E-state index in [0.717, 1.165) is 22.4 Å². The Morgan fingerprint density at radius 3 is 2.68 bits per heavy atom. The second kappa shape index (κ2) is 12.1. The number of methoxy groups -OCH3 is 1. The number of anilines is 2. The quantitative estimate of drug-likeness (QED) is 0.321. The van der Waals surface area contributed by atoms with E-state index in [-0.39, 0.29) is 23.0 Å². The fourth-order valence-electron chi connectivity index (χ4n) is 6.16. The summed E-state index contributed by atoms with van der Waals surface area (Å²) in [4.78, 5) is 44.8. The number of hydrogen-bond donors (Lipinski definition) is 2. The Kier molecular flexibility index (Phi) is 8.09. The third-order valence-corrected chi connectivity index (χ3v) is 8.57. The topological polar surface area (TPSA) is 109 Å². The molecule has 6 rings (SSSR count). The lowest BCUT2D eigenvalue weighted by molar-refractivity contribution is -0.142. The van der Waals surface area contributed by atoms with Crippen LogP contribution in [0.3, 0.4) is 0 Å². The highest BCUT2D eigenvalue weighted by molar-refractivity contribution is 6.31. The van der Waals surface area contributed by atoms with Crippen molar-refractivity contribution in [2.24, 2.45) is 10.9 Å². The van der Waals surface area contributed by atoms with Crippen molar-refractivity contribution in [3.05, 3.63) is 106 Å². The van der Waals surface area contributed by atoms with Gasteiger partial charge in [0.1, 0.15) is 0 Å². The summed E-state index contributed by atoms with van der Waals surface area (Å²) < 4.78 is 25.9. The molecule has 0 bridgehead atoms. The molecule has 1 unspecified atom stereocenters. The molecule has 0 saturated carbocycles. The second-order valence-corrected chi connectivity index (χ2v) is 11.5. The molecule has 0 radical (unpaired) electrons. The molecule has 2 atom stereocenters. The van der Waals surface area contributed by atoms with Crippen LogP contribution in [-0.4, -0.2) is 48.9 Å². The van der Waals surface area contributed by atoms with E-state index < -0.39 is 29.5 Å². The van der Waals surface area contributed by atoms with Crippen LogP contribution in [0.25, 0.3) is 0 Å². The van der Waals surface area contributed by atoms with Crippen LogP contribution in [0.2, 0.25) is 5.02 Å². The Labute approximate surface area is 258 Å². The van der Waals surface area contributed by atoms with Gasteiger partial charge in [0.2, 0.25) is 5.91 Å². The summed E-state index contributed by atoms with van der Waals surface area (Å²) in [6.45, 7) is 0.439. The average molecular weight is 617 g/mol. The summed E-state index contributed by atoms with van der Waals surface area (Å²) in [7, 11) is 1.30. The Morgan fingerprint density at radius 2 is 1.93 bits per heavy atom. The Bertz CT molecular complexity index is 1680. The number of aliphatic imine (C=N–C) groups is 1. The minimum atomic E-state index is -1.36. The zero-order valence-corrected chi connectivity index (χ0v) is 24.7. The van der Waals surface area contributed by atoms with Crippen LogP contribution < -0.4 is 10.6 Å². The molecule has 9 nitrogen and oxygen atoms in total.